The summed E-state index contributed by atoms with van der Waals surface area (Å²) < 4.78 is 29.0. The summed E-state index contributed by atoms with van der Waals surface area (Å²) in [5.74, 6) is 0.0463. The summed E-state index contributed by atoms with van der Waals surface area (Å²) >= 11 is 0. The number of carbonyl (C=O) groups excluding carboxylic acids is 2. The van der Waals surface area contributed by atoms with Gasteiger partial charge in [-0.2, -0.15) is 0 Å². The van der Waals surface area contributed by atoms with Gasteiger partial charge in [0.05, 0.1) is 22.3 Å². The predicted octanol–water partition coefficient (Wildman–Crippen LogP) is 3.91. The number of amides is 2. The van der Waals surface area contributed by atoms with Gasteiger partial charge in [-0.05, 0) is 48.4 Å². The van der Waals surface area contributed by atoms with E-state index in [9.17, 15) is 18.0 Å². The van der Waals surface area contributed by atoms with Crippen molar-refractivity contribution in [3.8, 4) is 17.0 Å². The molecule has 4 rings (SSSR count). The quantitative estimate of drug-likeness (QED) is 0.582. The molecule has 1 atom stereocenters. The summed E-state index contributed by atoms with van der Waals surface area (Å²) in [4.78, 5) is 32.8. The highest BCUT2D eigenvalue weighted by molar-refractivity contribution is 7.90. The van der Waals surface area contributed by atoms with Crippen molar-refractivity contribution < 1.29 is 22.7 Å². The van der Waals surface area contributed by atoms with E-state index in [-0.39, 0.29) is 29.3 Å². The topological polar surface area (TPSA) is 96.9 Å². The predicted molar refractivity (Wildman–Crippen MR) is 125 cm³/mol. The maximum Gasteiger partial charge on any atom is 0.421 e. The molecule has 0 bridgehead atoms. The third kappa shape index (κ3) is 4.58. The lowest BCUT2D eigenvalue weighted by molar-refractivity contribution is -0.117. The number of aromatic nitrogens is 1. The van der Waals surface area contributed by atoms with E-state index in [4.69, 9.17) is 4.74 Å². The van der Waals surface area contributed by atoms with Gasteiger partial charge in [-0.1, -0.05) is 24.3 Å². The summed E-state index contributed by atoms with van der Waals surface area (Å²) in [6.07, 6.45) is 2.09. The van der Waals surface area contributed by atoms with Gasteiger partial charge in [0.1, 0.15) is 0 Å². The fourth-order valence-corrected chi connectivity index (χ4v) is 4.53. The summed E-state index contributed by atoms with van der Waals surface area (Å²) in [7, 11) is -3.31. The second-order valence-electron chi connectivity index (χ2n) is 7.88. The lowest BCUT2D eigenvalue weighted by atomic mass is 10.0. The molecule has 0 unspecified atom stereocenters. The Balaban J connectivity index is 1.75. The molecule has 0 spiro atoms. The Morgan fingerprint density at radius 3 is 2.30 bits per heavy atom. The summed E-state index contributed by atoms with van der Waals surface area (Å²) in [5.41, 5.74) is 2.66. The zero-order valence-corrected chi connectivity index (χ0v) is 19.2. The molecule has 8 nitrogen and oxygen atoms in total. The van der Waals surface area contributed by atoms with Crippen LogP contribution in [0.15, 0.2) is 71.8 Å². The van der Waals surface area contributed by atoms with Crippen LogP contribution in [-0.2, 0) is 14.6 Å². The van der Waals surface area contributed by atoms with Gasteiger partial charge in [0.2, 0.25) is 11.8 Å². The first-order valence-electron chi connectivity index (χ1n) is 10.3. The summed E-state index contributed by atoms with van der Waals surface area (Å²) in [6, 6.07) is 16.7. The lowest BCUT2D eigenvalue weighted by Gasteiger charge is -2.40. The Morgan fingerprint density at radius 1 is 1.00 bits per heavy atom. The fraction of sp³-hybridized carbons (Fsp3) is 0.208. The van der Waals surface area contributed by atoms with Crippen molar-refractivity contribution in [1.82, 2.24) is 4.98 Å². The van der Waals surface area contributed by atoms with Crippen LogP contribution in [0.2, 0.25) is 0 Å². The fourth-order valence-electron chi connectivity index (χ4n) is 3.90. The second kappa shape index (κ2) is 8.67. The molecule has 9 heteroatoms. The second-order valence-corrected chi connectivity index (χ2v) is 9.90. The van der Waals surface area contributed by atoms with Gasteiger partial charge in [0, 0.05) is 32.0 Å². The first-order valence-corrected chi connectivity index (χ1v) is 12.2. The number of ether oxygens (including phenoxy) is 1. The molecule has 33 heavy (non-hydrogen) atoms. The molecule has 0 aliphatic carbocycles. The van der Waals surface area contributed by atoms with E-state index >= 15 is 0 Å². The number of nitrogens with zero attached hydrogens (tertiary/aromatic N) is 3. The minimum Gasteiger partial charge on any atom is -0.391 e. The van der Waals surface area contributed by atoms with Crippen molar-refractivity contribution in [2.24, 2.45) is 0 Å². The molecule has 2 heterocycles. The van der Waals surface area contributed by atoms with Gasteiger partial charge in [0.15, 0.2) is 9.84 Å². The molecule has 1 aromatic heterocycles. The minimum absolute atomic E-state index is 0.133. The Hall–Kier alpha value is -3.72. The van der Waals surface area contributed by atoms with E-state index in [1.807, 2.05) is 13.0 Å². The lowest BCUT2D eigenvalue weighted by Crippen LogP contribution is -2.52. The van der Waals surface area contributed by atoms with Crippen LogP contribution in [0.3, 0.4) is 0 Å². The standard InChI is InChI=1S/C24H23N3O5S/c1-16-15-26(24(29)32-23-6-4-5-13-25-23)22-14-19(9-12-21(22)27(16)17(2)28)18-7-10-20(11-8-18)33(3,30)31/h4-14,16H,15H2,1-3H3/t16-/m0/s1. The first-order chi connectivity index (χ1) is 15.6. The molecule has 3 aromatic rings. The third-order valence-electron chi connectivity index (χ3n) is 5.42. The average Bonchev–Trinajstić information content (AvgIpc) is 2.78. The minimum atomic E-state index is -3.31. The monoisotopic (exact) mass is 465 g/mol. The van der Waals surface area contributed by atoms with E-state index in [2.05, 4.69) is 4.98 Å². The normalized spacial score (nSPS) is 15.7. The molecule has 1 aliphatic rings. The van der Waals surface area contributed by atoms with Gasteiger partial charge in [-0.25, -0.2) is 18.2 Å². The van der Waals surface area contributed by atoms with Crippen LogP contribution in [0, 0.1) is 0 Å². The van der Waals surface area contributed by atoms with E-state index in [1.165, 1.54) is 18.0 Å². The number of carbonyl (C=O) groups is 2. The van der Waals surface area contributed by atoms with Crippen molar-refractivity contribution in [1.29, 1.82) is 0 Å². The maximum absolute atomic E-state index is 13.0. The number of fused-ring (bicyclic) bond motifs is 1. The van der Waals surface area contributed by atoms with Crippen LogP contribution in [0.5, 0.6) is 5.88 Å². The number of anilines is 2. The van der Waals surface area contributed by atoms with Crippen LogP contribution >= 0.6 is 0 Å². The first kappa shape index (κ1) is 22.5. The summed E-state index contributed by atoms with van der Waals surface area (Å²) in [6.45, 7) is 3.60. The zero-order valence-electron chi connectivity index (χ0n) is 18.4. The van der Waals surface area contributed by atoms with E-state index < -0.39 is 15.9 Å². The number of hydrogen-bond donors (Lipinski definition) is 0. The maximum atomic E-state index is 13.0. The largest absolute Gasteiger partial charge is 0.421 e. The van der Waals surface area contributed by atoms with Crippen molar-refractivity contribution in [3.05, 3.63) is 66.9 Å². The molecule has 0 saturated heterocycles. The van der Waals surface area contributed by atoms with Crippen molar-refractivity contribution in [3.63, 3.8) is 0 Å². The van der Waals surface area contributed by atoms with Crippen LogP contribution in [-0.4, -0.2) is 44.2 Å². The Bertz CT molecular complexity index is 1310. The molecule has 2 aromatic carbocycles. The van der Waals surface area contributed by atoms with Gasteiger partial charge in [0.25, 0.3) is 0 Å². The number of pyridine rings is 1. The molecule has 0 saturated carbocycles. The van der Waals surface area contributed by atoms with Gasteiger partial charge >= 0.3 is 6.09 Å². The molecule has 170 valence electrons. The molecular weight excluding hydrogens is 442 g/mol. The van der Waals surface area contributed by atoms with Gasteiger partial charge in [-0.15, -0.1) is 0 Å². The highest BCUT2D eigenvalue weighted by Crippen LogP contribution is 2.39. The molecular formula is C24H23N3O5S. The van der Waals surface area contributed by atoms with E-state index in [1.54, 1.807) is 59.5 Å². The third-order valence-corrected chi connectivity index (χ3v) is 6.55. The number of benzene rings is 2. The van der Waals surface area contributed by atoms with Crippen molar-refractivity contribution in [2.75, 3.05) is 22.6 Å². The Kier molecular flexibility index (Phi) is 5.90. The number of sulfone groups is 1. The molecule has 2 amide bonds. The van der Waals surface area contributed by atoms with Crippen molar-refractivity contribution in [2.45, 2.75) is 24.8 Å². The van der Waals surface area contributed by atoms with Crippen LogP contribution < -0.4 is 14.5 Å². The average molecular weight is 466 g/mol. The van der Waals surface area contributed by atoms with Gasteiger partial charge in [-0.3, -0.25) is 9.69 Å². The summed E-state index contributed by atoms with van der Waals surface area (Å²) in [5, 5.41) is 0. The molecule has 0 radical (unpaired) electrons. The van der Waals surface area contributed by atoms with Crippen LogP contribution in [0.25, 0.3) is 11.1 Å². The SMILES string of the molecule is CC(=O)N1c2ccc(-c3ccc(S(C)(=O)=O)cc3)cc2N(C(=O)Oc2ccccn2)C[C@@H]1C. The highest BCUT2D eigenvalue weighted by Gasteiger charge is 2.35. The Morgan fingerprint density at radius 2 is 1.70 bits per heavy atom. The number of hydrogen-bond acceptors (Lipinski definition) is 6. The van der Waals surface area contributed by atoms with Crippen LogP contribution in [0.1, 0.15) is 13.8 Å². The van der Waals surface area contributed by atoms with Crippen molar-refractivity contribution >= 4 is 33.2 Å². The number of rotatable bonds is 3. The smallest absolute Gasteiger partial charge is 0.391 e. The van der Waals surface area contributed by atoms with E-state index in [0.717, 1.165) is 17.4 Å². The Labute approximate surface area is 192 Å². The molecule has 1 aliphatic heterocycles. The highest BCUT2D eigenvalue weighted by atomic mass is 32.2. The molecule has 0 N–H and O–H groups in total. The van der Waals surface area contributed by atoms with E-state index in [0.29, 0.717) is 11.4 Å². The zero-order chi connectivity index (χ0) is 23.8. The van der Waals surface area contributed by atoms with Gasteiger partial charge < -0.3 is 9.64 Å². The van der Waals surface area contributed by atoms with Crippen LogP contribution in [0.4, 0.5) is 16.2 Å². The molecule has 0 fully saturated rings.